The SMILES string of the molecule is CC1(C)COC(OB(OC2=NC(C)(C)CO2)c2ccccc2C2=NC(C)(C)CO2)=N1. The van der Waals surface area contributed by atoms with Gasteiger partial charge in [0.2, 0.25) is 5.90 Å². The van der Waals surface area contributed by atoms with Crippen molar-refractivity contribution in [2.45, 2.75) is 58.2 Å². The van der Waals surface area contributed by atoms with Crippen LogP contribution in [0.5, 0.6) is 0 Å². The minimum atomic E-state index is -0.892. The molecule has 1 aromatic carbocycles. The Hall–Kier alpha value is -2.71. The summed E-state index contributed by atoms with van der Waals surface area (Å²) in [5.74, 6) is 0.553. The highest BCUT2D eigenvalue weighted by Crippen LogP contribution is 2.23. The fourth-order valence-corrected chi connectivity index (χ4v) is 3.17. The first-order valence-corrected chi connectivity index (χ1v) is 10.1. The van der Waals surface area contributed by atoms with E-state index < -0.39 is 7.12 Å². The monoisotopic (exact) mass is 413 g/mol. The minimum Gasteiger partial charge on any atom is -0.480 e. The van der Waals surface area contributed by atoms with Crippen molar-refractivity contribution in [3.05, 3.63) is 29.8 Å². The predicted octanol–water partition coefficient (Wildman–Crippen LogP) is 2.30. The maximum atomic E-state index is 6.05. The van der Waals surface area contributed by atoms with Gasteiger partial charge in [0.1, 0.15) is 19.8 Å². The minimum absolute atomic E-state index is 0.173. The summed E-state index contributed by atoms with van der Waals surface area (Å²) in [7, 11) is -0.892. The van der Waals surface area contributed by atoms with E-state index in [9.17, 15) is 0 Å². The first kappa shape index (κ1) is 20.6. The van der Waals surface area contributed by atoms with E-state index in [2.05, 4.69) is 9.98 Å². The normalized spacial score (nSPS) is 22.8. The summed E-state index contributed by atoms with van der Waals surface area (Å²) in [5.41, 5.74) is 0.506. The Morgan fingerprint density at radius 1 is 0.733 bits per heavy atom. The maximum Gasteiger partial charge on any atom is 0.639 e. The van der Waals surface area contributed by atoms with Crippen molar-refractivity contribution in [3.63, 3.8) is 0 Å². The molecule has 0 aliphatic carbocycles. The van der Waals surface area contributed by atoms with Crippen molar-refractivity contribution >= 4 is 30.6 Å². The molecule has 0 aromatic heterocycles. The number of ether oxygens (including phenoxy) is 3. The molecule has 0 spiro atoms. The molecule has 3 aliphatic rings. The molecule has 0 fully saturated rings. The molecule has 9 heteroatoms. The van der Waals surface area contributed by atoms with Crippen molar-refractivity contribution in [1.29, 1.82) is 0 Å². The van der Waals surface area contributed by atoms with Crippen LogP contribution in [-0.4, -0.2) is 61.6 Å². The molecule has 0 saturated carbocycles. The van der Waals surface area contributed by atoms with Crippen molar-refractivity contribution in [2.75, 3.05) is 19.8 Å². The van der Waals surface area contributed by atoms with E-state index in [1.165, 1.54) is 0 Å². The summed E-state index contributed by atoms with van der Waals surface area (Å²) in [6.45, 7) is 13.3. The van der Waals surface area contributed by atoms with Gasteiger partial charge in [-0.25, -0.2) is 15.0 Å². The highest BCUT2D eigenvalue weighted by molar-refractivity contribution is 6.65. The third-order valence-corrected chi connectivity index (χ3v) is 4.71. The molecular formula is C21H28BN3O5. The van der Waals surface area contributed by atoms with Crippen molar-refractivity contribution < 1.29 is 23.5 Å². The zero-order chi connectivity index (χ0) is 21.6. The molecular weight excluding hydrogens is 385 g/mol. The van der Waals surface area contributed by atoms with Crippen molar-refractivity contribution in [3.8, 4) is 0 Å². The molecule has 3 heterocycles. The molecule has 8 nitrogen and oxygen atoms in total. The molecule has 3 aliphatic heterocycles. The predicted molar refractivity (Wildman–Crippen MR) is 116 cm³/mol. The summed E-state index contributed by atoms with van der Waals surface area (Å²) >= 11 is 0. The van der Waals surface area contributed by atoms with Crippen LogP contribution in [0.3, 0.4) is 0 Å². The van der Waals surface area contributed by atoms with Gasteiger partial charge in [0, 0.05) is 11.0 Å². The molecule has 0 amide bonds. The molecule has 0 saturated heterocycles. The summed E-state index contributed by atoms with van der Waals surface area (Å²) in [4.78, 5) is 13.7. The molecule has 160 valence electrons. The molecule has 0 radical (unpaired) electrons. The van der Waals surface area contributed by atoms with Crippen LogP contribution in [0.1, 0.15) is 47.1 Å². The lowest BCUT2D eigenvalue weighted by atomic mass is 9.75. The van der Waals surface area contributed by atoms with Gasteiger partial charge in [-0.1, -0.05) is 18.2 Å². The standard InChI is InChI=1S/C21H28BN3O5/c1-19(2)11-26-16(23-19)14-9-7-8-10-15(14)22(29-17-24-20(3,4)12-27-17)30-18-25-21(5,6)13-28-18/h7-10H,11-13H2,1-6H3. The maximum absolute atomic E-state index is 6.05. The van der Waals surface area contributed by atoms with Crippen molar-refractivity contribution in [1.82, 2.24) is 0 Å². The highest BCUT2D eigenvalue weighted by atomic mass is 16.7. The molecule has 0 unspecified atom stereocenters. The lowest BCUT2D eigenvalue weighted by molar-refractivity contribution is 0.209. The zero-order valence-corrected chi connectivity index (χ0v) is 18.4. The lowest BCUT2D eigenvalue weighted by Gasteiger charge is -2.17. The second-order valence-electron chi connectivity index (χ2n) is 9.63. The summed E-state index contributed by atoms with van der Waals surface area (Å²) in [5, 5.41) is 0. The topological polar surface area (TPSA) is 83.2 Å². The van der Waals surface area contributed by atoms with Gasteiger partial charge < -0.3 is 23.5 Å². The Labute approximate surface area is 177 Å². The number of aliphatic imine (C=N–C) groups is 3. The van der Waals surface area contributed by atoms with E-state index in [-0.39, 0.29) is 28.8 Å². The molecule has 4 rings (SSSR count). The van der Waals surface area contributed by atoms with Crippen molar-refractivity contribution in [2.24, 2.45) is 15.0 Å². The van der Waals surface area contributed by atoms with E-state index >= 15 is 0 Å². The number of nitrogens with zero attached hydrogens (tertiary/aromatic N) is 3. The van der Waals surface area contributed by atoms with Gasteiger partial charge in [0.05, 0.1) is 16.6 Å². The van der Waals surface area contributed by atoms with Gasteiger partial charge in [-0.05, 0) is 47.6 Å². The lowest BCUT2D eigenvalue weighted by Crippen LogP contribution is -2.43. The Morgan fingerprint density at radius 3 is 1.70 bits per heavy atom. The number of hydrogen-bond acceptors (Lipinski definition) is 8. The summed E-state index contributed by atoms with van der Waals surface area (Å²) in [6, 6.07) is 7.66. The highest BCUT2D eigenvalue weighted by Gasteiger charge is 2.40. The van der Waals surface area contributed by atoms with E-state index in [1.54, 1.807) is 0 Å². The second-order valence-corrected chi connectivity index (χ2v) is 9.63. The fraction of sp³-hybridized carbons (Fsp3) is 0.571. The zero-order valence-electron chi connectivity index (χ0n) is 18.4. The molecule has 30 heavy (non-hydrogen) atoms. The van der Waals surface area contributed by atoms with Crippen LogP contribution in [-0.2, 0) is 23.5 Å². The van der Waals surface area contributed by atoms with E-state index in [4.69, 9.17) is 28.5 Å². The third-order valence-electron chi connectivity index (χ3n) is 4.71. The Kier molecular flexibility index (Phi) is 4.94. The van der Waals surface area contributed by atoms with E-state index in [1.807, 2.05) is 65.8 Å². The van der Waals surface area contributed by atoms with Gasteiger partial charge in [-0.3, -0.25) is 0 Å². The van der Waals surface area contributed by atoms with Gasteiger partial charge in [0.25, 0.3) is 0 Å². The molecule has 0 atom stereocenters. The van der Waals surface area contributed by atoms with Crippen LogP contribution < -0.4 is 5.46 Å². The van der Waals surface area contributed by atoms with Crippen LogP contribution in [0.25, 0.3) is 0 Å². The average molecular weight is 413 g/mol. The van der Waals surface area contributed by atoms with Crippen LogP contribution in [0, 0.1) is 0 Å². The smallest absolute Gasteiger partial charge is 0.480 e. The Bertz CT molecular complexity index is 887. The largest absolute Gasteiger partial charge is 0.639 e. The number of benzene rings is 1. The molecule has 1 aromatic rings. The van der Waals surface area contributed by atoms with Crippen LogP contribution in [0.15, 0.2) is 39.2 Å². The summed E-state index contributed by atoms with van der Waals surface area (Å²) < 4.78 is 29.2. The Morgan fingerprint density at radius 2 is 1.23 bits per heavy atom. The molecule has 0 N–H and O–H groups in total. The first-order valence-electron chi connectivity index (χ1n) is 10.1. The van der Waals surface area contributed by atoms with Crippen LogP contribution in [0.4, 0.5) is 0 Å². The molecule has 0 bridgehead atoms. The number of hydrogen-bond donors (Lipinski definition) is 0. The van der Waals surface area contributed by atoms with E-state index in [0.717, 1.165) is 11.0 Å². The van der Waals surface area contributed by atoms with Gasteiger partial charge >= 0.3 is 19.3 Å². The first-order chi connectivity index (χ1) is 14.0. The quantitative estimate of drug-likeness (QED) is 0.708. The van der Waals surface area contributed by atoms with Crippen LogP contribution in [0.2, 0.25) is 0 Å². The van der Waals surface area contributed by atoms with Crippen LogP contribution >= 0.6 is 0 Å². The van der Waals surface area contributed by atoms with Gasteiger partial charge in [-0.2, -0.15) is 0 Å². The second kappa shape index (κ2) is 7.21. The van der Waals surface area contributed by atoms with E-state index in [0.29, 0.717) is 25.7 Å². The Balaban J connectivity index is 1.68. The average Bonchev–Trinajstić information content (AvgIpc) is 3.30. The third kappa shape index (κ3) is 4.55. The van der Waals surface area contributed by atoms with Gasteiger partial charge in [0.15, 0.2) is 0 Å². The fourth-order valence-electron chi connectivity index (χ4n) is 3.17. The van der Waals surface area contributed by atoms with Gasteiger partial charge in [-0.15, -0.1) is 0 Å². The number of rotatable bonds is 4. The summed E-state index contributed by atoms with van der Waals surface area (Å²) in [6.07, 6.45) is 0.347.